The average Bonchev–Trinajstić information content (AvgIpc) is 1.82. The van der Waals surface area contributed by atoms with Gasteiger partial charge in [-0.3, -0.25) is 0 Å². The summed E-state index contributed by atoms with van der Waals surface area (Å²) in [6.07, 6.45) is 4.85. The molecule has 0 radical (unpaired) electrons. The molecule has 1 saturated heterocycles. The Bertz CT molecular complexity index is 136. The summed E-state index contributed by atoms with van der Waals surface area (Å²) in [5, 5.41) is 0. The Kier molecular flexibility index (Phi) is 4.37. The van der Waals surface area contributed by atoms with Crippen molar-refractivity contribution in [1.82, 2.24) is 4.90 Å². The number of likely N-dealkylation sites (tertiary alicyclic amines) is 1. The van der Waals surface area contributed by atoms with Crippen molar-refractivity contribution in [3.05, 3.63) is 6.42 Å². The molecule has 0 saturated carbocycles. The van der Waals surface area contributed by atoms with Gasteiger partial charge in [-0.2, -0.15) is 12.8 Å². The Morgan fingerprint density at radius 3 is 1.58 bits per heavy atom. The molecule has 0 aromatic heterocycles. The van der Waals surface area contributed by atoms with Crippen LogP contribution in [0.2, 0.25) is 0 Å². The molecule has 70 valence electrons. The molecule has 1 rings (SSSR count). The van der Waals surface area contributed by atoms with Gasteiger partial charge in [-0.05, 0) is 45.8 Å². The summed E-state index contributed by atoms with van der Waals surface area (Å²) in [5.41, 5.74) is 0.698. The van der Waals surface area contributed by atoms with Gasteiger partial charge in [0.2, 0.25) is 0 Å². The topological polar surface area (TPSA) is 3.24 Å². The van der Waals surface area contributed by atoms with Gasteiger partial charge >= 0.3 is 0 Å². The van der Waals surface area contributed by atoms with E-state index >= 15 is 0 Å². The summed E-state index contributed by atoms with van der Waals surface area (Å²) in [4.78, 5) is 2.49. The van der Waals surface area contributed by atoms with Crippen molar-refractivity contribution in [2.24, 2.45) is 0 Å². The van der Waals surface area contributed by atoms with Crippen LogP contribution in [0.3, 0.4) is 0 Å². The summed E-state index contributed by atoms with van der Waals surface area (Å²) in [6.45, 7) is 9.24. The van der Waals surface area contributed by atoms with Crippen LogP contribution in [-0.2, 0) is 0 Å². The molecule has 0 aromatic carbocycles. The SMILES string of the molecule is CN1C(C)(C)C[CH-]CC1(C)C.[U]. The number of piperidine rings is 1. The maximum Gasteiger partial charge on any atom is 0 e. The fraction of sp³-hybridized carbons (Fsp3) is 0.900. The Morgan fingerprint density at radius 2 is 1.33 bits per heavy atom. The second kappa shape index (κ2) is 4.03. The van der Waals surface area contributed by atoms with Gasteiger partial charge in [0.1, 0.15) is 0 Å². The van der Waals surface area contributed by atoms with E-state index in [1.54, 1.807) is 0 Å². The van der Waals surface area contributed by atoms with Gasteiger partial charge in [0.15, 0.2) is 0 Å². The predicted molar refractivity (Wildman–Crippen MR) is 49.5 cm³/mol. The molecule has 0 N–H and O–H groups in total. The zero-order chi connectivity index (χ0) is 8.70. The largest absolute Gasteiger partial charge is 0.325 e. The molecule has 1 aliphatic heterocycles. The Labute approximate surface area is 101 Å². The van der Waals surface area contributed by atoms with Gasteiger partial charge in [0.05, 0.1) is 0 Å². The standard InChI is InChI=1S/C10H20N.U/c1-9(2)7-6-8-10(3,4)11(9)5;/h6H,7-8H2,1-5H3;/q-1;. The minimum absolute atomic E-state index is 0. The first-order chi connectivity index (χ1) is 4.86. The van der Waals surface area contributed by atoms with Crippen molar-refractivity contribution in [2.75, 3.05) is 7.05 Å². The van der Waals surface area contributed by atoms with Crippen molar-refractivity contribution in [3.8, 4) is 0 Å². The maximum atomic E-state index is 2.49. The smallest absolute Gasteiger partial charge is 0 e. The van der Waals surface area contributed by atoms with Crippen molar-refractivity contribution < 1.29 is 31.1 Å². The van der Waals surface area contributed by atoms with E-state index in [4.69, 9.17) is 0 Å². The molecule has 0 unspecified atom stereocenters. The normalized spacial score (nSPS) is 27.8. The zero-order valence-electron chi connectivity index (χ0n) is 8.94. The molecular weight excluding hydrogens is 372 g/mol. The molecule has 0 aromatic rings. The summed E-state index contributed by atoms with van der Waals surface area (Å²) in [7, 11) is 2.23. The molecular formula is C10H20NU-. The third-order valence-electron chi connectivity index (χ3n) is 3.10. The summed E-state index contributed by atoms with van der Waals surface area (Å²) in [5.74, 6) is 0. The average molecular weight is 392 g/mol. The van der Waals surface area contributed by atoms with Crippen LogP contribution in [0.15, 0.2) is 0 Å². The van der Waals surface area contributed by atoms with Gasteiger partial charge in [0.25, 0.3) is 0 Å². The molecule has 0 spiro atoms. The number of hydrogen-bond donors (Lipinski definition) is 0. The van der Waals surface area contributed by atoms with E-state index in [2.05, 4.69) is 46.1 Å². The van der Waals surface area contributed by atoms with Crippen LogP contribution in [0.4, 0.5) is 0 Å². The fourth-order valence-corrected chi connectivity index (χ4v) is 1.87. The van der Waals surface area contributed by atoms with Crippen LogP contribution in [0.5, 0.6) is 0 Å². The van der Waals surface area contributed by atoms with Crippen LogP contribution in [0.25, 0.3) is 0 Å². The second-order valence-corrected chi connectivity index (χ2v) is 4.88. The Morgan fingerprint density at radius 1 is 1.00 bits per heavy atom. The van der Waals surface area contributed by atoms with Crippen molar-refractivity contribution in [2.45, 2.75) is 51.6 Å². The van der Waals surface area contributed by atoms with E-state index in [1.165, 1.54) is 12.8 Å². The molecule has 0 bridgehead atoms. The van der Waals surface area contributed by atoms with Gasteiger partial charge in [-0.25, -0.2) is 0 Å². The minimum Gasteiger partial charge on any atom is -0.325 e. The van der Waals surface area contributed by atoms with Crippen molar-refractivity contribution in [3.63, 3.8) is 0 Å². The van der Waals surface area contributed by atoms with E-state index < -0.39 is 0 Å². The van der Waals surface area contributed by atoms with Crippen LogP contribution < -0.4 is 0 Å². The molecule has 0 aliphatic carbocycles. The van der Waals surface area contributed by atoms with Crippen molar-refractivity contribution in [1.29, 1.82) is 0 Å². The minimum atomic E-state index is 0. The third kappa shape index (κ3) is 2.50. The Hall–Kier alpha value is 1.01. The summed E-state index contributed by atoms with van der Waals surface area (Å²) in [6, 6.07) is 0. The second-order valence-electron chi connectivity index (χ2n) is 4.88. The van der Waals surface area contributed by atoms with E-state index in [1.807, 2.05) is 0 Å². The zero-order valence-corrected chi connectivity index (χ0v) is 13.1. The molecule has 12 heavy (non-hydrogen) atoms. The molecule has 1 heterocycles. The summed E-state index contributed by atoms with van der Waals surface area (Å²) >= 11 is 0. The molecule has 1 aliphatic rings. The fourth-order valence-electron chi connectivity index (χ4n) is 1.87. The van der Waals surface area contributed by atoms with Gasteiger partial charge in [-0.15, -0.1) is 0 Å². The molecule has 1 nitrogen and oxygen atoms in total. The maximum absolute atomic E-state index is 2.49. The van der Waals surface area contributed by atoms with Gasteiger partial charge in [-0.1, -0.05) is 0 Å². The summed E-state index contributed by atoms with van der Waals surface area (Å²) < 4.78 is 0. The van der Waals surface area contributed by atoms with Crippen LogP contribution in [0.1, 0.15) is 40.5 Å². The predicted octanol–water partition coefficient (Wildman–Crippen LogP) is 2.47. The number of hydrogen-bond acceptors (Lipinski definition) is 1. The molecule has 0 atom stereocenters. The first-order valence-electron chi connectivity index (χ1n) is 4.42. The first kappa shape index (κ1) is 13.0. The van der Waals surface area contributed by atoms with E-state index in [9.17, 15) is 0 Å². The monoisotopic (exact) mass is 392 g/mol. The molecule has 0 amide bonds. The van der Waals surface area contributed by atoms with Gasteiger partial charge < -0.3 is 11.3 Å². The third-order valence-corrected chi connectivity index (χ3v) is 3.10. The van der Waals surface area contributed by atoms with Crippen LogP contribution >= 0.6 is 0 Å². The quantitative estimate of drug-likeness (QED) is 0.573. The van der Waals surface area contributed by atoms with Gasteiger partial charge in [0, 0.05) is 31.1 Å². The molecule has 1 fully saturated rings. The first-order valence-corrected chi connectivity index (χ1v) is 4.42. The Balaban J connectivity index is 0.00000121. The van der Waals surface area contributed by atoms with Crippen LogP contribution in [-0.4, -0.2) is 23.0 Å². The van der Waals surface area contributed by atoms with Crippen molar-refractivity contribution >= 4 is 0 Å². The number of nitrogens with zero attached hydrogens (tertiary/aromatic N) is 1. The van der Waals surface area contributed by atoms with E-state index in [0.29, 0.717) is 11.1 Å². The van der Waals surface area contributed by atoms with E-state index in [0.717, 1.165) is 0 Å². The number of rotatable bonds is 0. The van der Waals surface area contributed by atoms with E-state index in [-0.39, 0.29) is 31.1 Å². The van der Waals surface area contributed by atoms with Crippen LogP contribution in [0, 0.1) is 37.5 Å². The molecule has 2 heteroatoms.